The number of nitrogens with one attached hydrogen (secondary N) is 1. The number of benzene rings is 1. The van der Waals surface area contributed by atoms with Gasteiger partial charge in [0.1, 0.15) is 0 Å². The van der Waals surface area contributed by atoms with Gasteiger partial charge in [-0.15, -0.1) is 0 Å². The zero-order chi connectivity index (χ0) is 12.2. The van der Waals surface area contributed by atoms with Crippen molar-refractivity contribution in [3.63, 3.8) is 0 Å². The maximum atomic E-state index is 3.62. The second-order valence-electron chi connectivity index (χ2n) is 5.53. The second kappa shape index (κ2) is 5.49. The highest BCUT2D eigenvalue weighted by Crippen LogP contribution is 2.20. The number of rotatable bonds is 5. The van der Waals surface area contributed by atoms with Crippen LogP contribution in [0, 0.1) is 12.3 Å². The Bertz CT molecular complexity index is 328. The van der Waals surface area contributed by atoms with E-state index in [1.807, 2.05) is 0 Å². The maximum Gasteiger partial charge on any atom is 0.0292 e. The van der Waals surface area contributed by atoms with Gasteiger partial charge in [0, 0.05) is 12.6 Å². The van der Waals surface area contributed by atoms with Gasteiger partial charge in [-0.1, -0.05) is 50.6 Å². The van der Waals surface area contributed by atoms with E-state index in [2.05, 4.69) is 64.2 Å². The summed E-state index contributed by atoms with van der Waals surface area (Å²) < 4.78 is 0. The molecule has 0 radical (unpaired) electrons. The van der Waals surface area contributed by atoms with Crippen LogP contribution in [0.25, 0.3) is 0 Å². The molecule has 0 aliphatic heterocycles. The molecule has 1 heteroatoms. The van der Waals surface area contributed by atoms with Crippen molar-refractivity contribution in [3.05, 3.63) is 35.4 Å². The SMILES string of the molecule is CCC(C)(C)CNC(C)c1cccc(C)c1. The van der Waals surface area contributed by atoms with E-state index in [9.17, 15) is 0 Å². The molecule has 90 valence electrons. The van der Waals surface area contributed by atoms with Crippen LogP contribution < -0.4 is 5.32 Å². The van der Waals surface area contributed by atoms with E-state index in [0.29, 0.717) is 11.5 Å². The van der Waals surface area contributed by atoms with E-state index in [4.69, 9.17) is 0 Å². The van der Waals surface area contributed by atoms with Crippen LogP contribution >= 0.6 is 0 Å². The van der Waals surface area contributed by atoms with Gasteiger partial charge in [0.25, 0.3) is 0 Å². The van der Waals surface area contributed by atoms with Crippen molar-refractivity contribution in [2.75, 3.05) is 6.54 Å². The third-order valence-corrected chi connectivity index (χ3v) is 3.39. The van der Waals surface area contributed by atoms with Crippen molar-refractivity contribution in [3.8, 4) is 0 Å². The van der Waals surface area contributed by atoms with Gasteiger partial charge in [-0.25, -0.2) is 0 Å². The van der Waals surface area contributed by atoms with E-state index >= 15 is 0 Å². The molecule has 0 heterocycles. The van der Waals surface area contributed by atoms with Gasteiger partial charge in [-0.3, -0.25) is 0 Å². The molecular weight excluding hydrogens is 194 g/mol. The highest BCUT2D eigenvalue weighted by atomic mass is 14.9. The van der Waals surface area contributed by atoms with Crippen LogP contribution in [0.4, 0.5) is 0 Å². The molecule has 1 N–H and O–H groups in total. The summed E-state index contributed by atoms with van der Waals surface area (Å²) in [5.74, 6) is 0. The minimum absolute atomic E-state index is 0.387. The van der Waals surface area contributed by atoms with Crippen molar-refractivity contribution in [1.29, 1.82) is 0 Å². The lowest BCUT2D eigenvalue weighted by molar-refractivity contribution is 0.314. The predicted molar refractivity (Wildman–Crippen MR) is 71.7 cm³/mol. The van der Waals surface area contributed by atoms with Crippen molar-refractivity contribution in [1.82, 2.24) is 5.32 Å². The molecule has 0 bridgehead atoms. The molecule has 1 rings (SSSR count). The minimum Gasteiger partial charge on any atom is -0.310 e. The standard InChI is InChI=1S/C15H25N/c1-6-15(4,5)11-16-13(3)14-9-7-8-12(2)10-14/h7-10,13,16H,6,11H2,1-5H3. The molecule has 0 aliphatic carbocycles. The van der Waals surface area contributed by atoms with Gasteiger partial charge in [0.15, 0.2) is 0 Å². The fraction of sp³-hybridized carbons (Fsp3) is 0.600. The van der Waals surface area contributed by atoms with Crippen molar-refractivity contribution in [2.45, 2.75) is 47.1 Å². The van der Waals surface area contributed by atoms with Crippen LogP contribution in [0.3, 0.4) is 0 Å². The Morgan fingerprint density at radius 2 is 2.00 bits per heavy atom. The highest BCUT2D eigenvalue weighted by Gasteiger charge is 2.16. The van der Waals surface area contributed by atoms with Gasteiger partial charge in [-0.05, 0) is 31.2 Å². The predicted octanol–water partition coefficient (Wildman–Crippen LogP) is 4.08. The summed E-state index contributed by atoms with van der Waals surface area (Å²) in [4.78, 5) is 0. The Balaban J connectivity index is 2.56. The molecule has 0 aliphatic rings. The fourth-order valence-corrected chi connectivity index (χ4v) is 1.61. The molecule has 1 aromatic carbocycles. The van der Waals surface area contributed by atoms with Crippen LogP contribution in [-0.2, 0) is 0 Å². The molecule has 0 amide bonds. The Morgan fingerprint density at radius 3 is 2.56 bits per heavy atom. The van der Waals surface area contributed by atoms with Crippen LogP contribution in [-0.4, -0.2) is 6.54 Å². The minimum atomic E-state index is 0.387. The average Bonchev–Trinajstić information content (AvgIpc) is 2.26. The van der Waals surface area contributed by atoms with E-state index in [-0.39, 0.29) is 0 Å². The summed E-state index contributed by atoms with van der Waals surface area (Å²) in [6.07, 6.45) is 1.21. The van der Waals surface area contributed by atoms with Crippen LogP contribution in [0.2, 0.25) is 0 Å². The van der Waals surface area contributed by atoms with Gasteiger partial charge < -0.3 is 5.32 Å². The Morgan fingerprint density at radius 1 is 1.31 bits per heavy atom. The first-order valence-corrected chi connectivity index (χ1v) is 6.24. The summed E-state index contributed by atoms with van der Waals surface area (Å²) in [5, 5.41) is 3.62. The number of hydrogen-bond acceptors (Lipinski definition) is 1. The fourth-order valence-electron chi connectivity index (χ4n) is 1.61. The largest absolute Gasteiger partial charge is 0.310 e. The van der Waals surface area contributed by atoms with E-state index in [1.54, 1.807) is 0 Å². The molecule has 1 unspecified atom stereocenters. The second-order valence-corrected chi connectivity index (χ2v) is 5.53. The van der Waals surface area contributed by atoms with Gasteiger partial charge in [-0.2, -0.15) is 0 Å². The topological polar surface area (TPSA) is 12.0 Å². The van der Waals surface area contributed by atoms with Gasteiger partial charge >= 0.3 is 0 Å². The van der Waals surface area contributed by atoms with Gasteiger partial charge in [0.05, 0.1) is 0 Å². The van der Waals surface area contributed by atoms with Crippen LogP contribution in [0.15, 0.2) is 24.3 Å². The molecule has 0 saturated carbocycles. The maximum absolute atomic E-state index is 3.62. The summed E-state index contributed by atoms with van der Waals surface area (Å²) in [5.41, 5.74) is 3.10. The first-order valence-electron chi connectivity index (χ1n) is 6.24. The van der Waals surface area contributed by atoms with Gasteiger partial charge in [0.2, 0.25) is 0 Å². The molecule has 16 heavy (non-hydrogen) atoms. The Hall–Kier alpha value is -0.820. The Kier molecular flexibility index (Phi) is 4.55. The van der Waals surface area contributed by atoms with Crippen molar-refractivity contribution in [2.24, 2.45) is 5.41 Å². The lowest BCUT2D eigenvalue weighted by atomic mass is 9.90. The lowest BCUT2D eigenvalue weighted by Gasteiger charge is -2.26. The molecular formula is C15H25N. The molecule has 1 aromatic rings. The molecule has 1 nitrogen and oxygen atoms in total. The summed E-state index contributed by atoms with van der Waals surface area (Å²) in [7, 11) is 0. The van der Waals surface area contributed by atoms with Crippen molar-refractivity contribution >= 4 is 0 Å². The molecule has 0 fully saturated rings. The smallest absolute Gasteiger partial charge is 0.0292 e. The zero-order valence-electron chi connectivity index (χ0n) is 11.3. The molecule has 0 spiro atoms. The number of hydrogen-bond donors (Lipinski definition) is 1. The van der Waals surface area contributed by atoms with E-state index in [0.717, 1.165) is 6.54 Å². The molecule has 0 aromatic heterocycles. The normalized spacial score (nSPS) is 13.8. The highest BCUT2D eigenvalue weighted by molar-refractivity contribution is 5.24. The molecule has 1 atom stereocenters. The van der Waals surface area contributed by atoms with E-state index < -0.39 is 0 Å². The summed E-state index contributed by atoms with van der Waals surface area (Å²) in [6.45, 7) is 12.3. The van der Waals surface area contributed by atoms with Crippen LogP contribution in [0.5, 0.6) is 0 Å². The zero-order valence-corrected chi connectivity index (χ0v) is 11.3. The summed E-state index contributed by atoms with van der Waals surface area (Å²) in [6, 6.07) is 9.17. The van der Waals surface area contributed by atoms with Crippen molar-refractivity contribution < 1.29 is 0 Å². The monoisotopic (exact) mass is 219 g/mol. The first kappa shape index (κ1) is 13.2. The number of aryl methyl sites for hydroxylation is 1. The van der Waals surface area contributed by atoms with Crippen LogP contribution in [0.1, 0.15) is 51.3 Å². The third-order valence-electron chi connectivity index (χ3n) is 3.39. The lowest BCUT2D eigenvalue weighted by Crippen LogP contribution is -2.30. The first-order chi connectivity index (χ1) is 7.44. The average molecular weight is 219 g/mol. The quantitative estimate of drug-likeness (QED) is 0.786. The Labute approximate surface area is 100 Å². The van der Waals surface area contributed by atoms with E-state index in [1.165, 1.54) is 17.5 Å². The summed E-state index contributed by atoms with van der Waals surface area (Å²) >= 11 is 0. The third kappa shape index (κ3) is 3.97. The molecule has 0 saturated heterocycles.